The molecule has 1 aliphatic carbocycles. The maximum absolute atomic E-state index is 6.51. The summed E-state index contributed by atoms with van der Waals surface area (Å²) < 4.78 is 4.44. The van der Waals surface area contributed by atoms with Gasteiger partial charge in [-0.2, -0.15) is 0 Å². The number of rotatable bonds is 5. The normalized spacial score (nSPS) is 25.9. The first-order valence-corrected chi connectivity index (χ1v) is 14.5. The van der Waals surface area contributed by atoms with Gasteiger partial charge < -0.3 is 14.5 Å². The lowest BCUT2D eigenvalue weighted by Gasteiger charge is -2.40. The summed E-state index contributed by atoms with van der Waals surface area (Å²) >= 11 is 25.5. The smallest absolute Gasteiger partial charge is 0.223 e. The van der Waals surface area contributed by atoms with Crippen LogP contribution >= 0.6 is 47.0 Å². The summed E-state index contributed by atoms with van der Waals surface area (Å²) in [5.74, 6) is 0.329. The van der Waals surface area contributed by atoms with Crippen molar-refractivity contribution in [1.82, 2.24) is 15.1 Å². The van der Waals surface area contributed by atoms with E-state index in [0.29, 0.717) is 18.6 Å². The average molecular weight is 549 g/mol. The molecule has 0 bridgehead atoms. The monoisotopic (exact) mass is 547 g/mol. The Labute approximate surface area is 226 Å². The van der Waals surface area contributed by atoms with E-state index >= 15 is 0 Å². The first kappa shape index (κ1) is 28.3. The van der Waals surface area contributed by atoms with E-state index in [1.165, 1.54) is 50.5 Å². The molecule has 2 heterocycles. The Bertz CT molecular complexity index is 741. The van der Waals surface area contributed by atoms with Gasteiger partial charge in [0.1, 0.15) is 6.17 Å². The van der Waals surface area contributed by atoms with Gasteiger partial charge in [-0.1, -0.05) is 111 Å². The Morgan fingerprint density at radius 3 is 2.26 bits per heavy atom. The molecule has 0 spiro atoms. The summed E-state index contributed by atoms with van der Waals surface area (Å²) in [6.07, 6.45) is 9.41. The molecule has 1 saturated carbocycles. The molecule has 0 amide bonds. The Morgan fingerprint density at radius 1 is 0.971 bits per heavy atom. The number of nitrogens with zero attached hydrogens (tertiary/aromatic N) is 2. The highest BCUT2D eigenvalue weighted by Gasteiger charge is 2.44. The topological polar surface area (TPSA) is 27.7 Å². The second-order valence-corrected chi connectivity index (χ2v) is 12.1. The first-order valence-electron chi connectivity index (χ1n) is 13.0. The maximum Gasteiger partial charge on any atom is 0.223 e. The molecule has 1 N–H and O–H groups in total. The first-order chi connectivity index (χ1) is 16.4. The Balaban J connectivity index is 0.00000158. The molecule has 8 heteroatoms. The highest BCUT2D eigenvalue weighted by atomic mass is 35.6. The van der Waals surface area contributed by atoms with Crippen LogP contribution in [0, 0.1) is 0 Å². The zero-order valence-electron chi connectivity index (χ0n) is 20.5. The van der Waals surface area contributed by atoms with Gasteiger partial charge in [-0.15, -0.1) is 0 Å². The molecular weight excluding hydrogens is 509 g/mol. The number of hydrogen-bond acceptors (Lipinski definition) is 3. The third-order valence-electron chi connectivity index (χ3n) is 7.08. The Hall–Kier alpha value is -0.300. The summed E-state index contributed by atoms with van der Waals surface area (Å²) in [5, 5.41) is 4.42. The molecule has 4 nitrogen and oxygen atoms in total. The number of halogens is 3. The van der Waals surface area contributed by atoms with Crippen molar-refractivity contribution < 1.29 is 4.74 Å². The average Bonchev–Trinajstić information content (AvgIpc) is 3.19. The number of thiocarbonyl (C=S) groups is 1. The molecule has 4 rings (SSSR count). The van der Waals surface area contributed by atoms with E-state index in [-0.39, 0.29) is 6.04 Å². The predicted molar refractivity (Wildman–Crippen MR) is 149 cm³/mol. The van der Waals surface area contributed by atoms with Crippen LogP contribution in [-0.2, 0) is 4.74 Å². The molecule has 0 aromatic heterocycles. The van der Waals surface area contributed by atoms with E-state index in [2.05, 4.69) is 39.4 Å². The van der Waals surface area contributed by atoms with Gasteiger partial charge in [0.2, 0.25) is 3.79 Å². The summed E-state index contributed by atoms with van der Waals surface area (Å²) in [5.41, 5.74) is 1.29. The third-order valence-corrected chi connectivity index (χ3v) is 8.17. The van der Waals surface area contributed by atoms with Gasteiger partial charge >= 0.3 is 0 Å². The fraction of sp³-hybridized carbons (Fsp3) is 0.731. The zero-order valence-corrected chi connectivity index (χ0v) is 23.6. The van der Waals surface area contributed by atoms with Gasteiger partial charge in [0, 0.05) is 31.1 Å². The molecule has 0 radical (unpaired) electrons. The molecule has 192 valence electrons. The molecule has 34 heavy (non-hydrogen) atoms. The van der Waals surface area contributed by atoms with E-state index in [9.17, 15) is 0 Å². The van der Waals surface area contributed by atoms with Crippen LogP contribution in [0.25, 0.3) is 0 Å². The summed E-state index contributed by atoms with van der Waals surface area (Å²) in [7, 11) is 0. The van der Waals surface area contributed by atoms with Crippen molar-refractivity contribution in [2.24, 2.45) is 0 Å². The van der Waals surface area contributed by atoms with Crippen molar-refractivity contribution in [2.45, 2.75) is 93.2 Å². The van der Waals surface area contributed by atoms with Gasteiger partial charge in [0.15, 0.2) is 5.11 Å². The Kier molecular flexibility index (Phi) is 11.5. The minimum Gasteiger partial charge on any atom is -0.379 e. The largest absolute Gasteiger partial charge is 0.379 e. The van der Waals surface area contributed by atoms with Gasteiger partial charge in [0.25, 0.3) is 0 Å². The molecule has 3 fully saturated rings. The molecule has 1 aromatic carbocycles. The lowest BCUT2D eigenvalue weighted by Crippen LogP contribution is -2.59. The van der Waals surface area contributed by atoms with Gasteiger partial charge in [-0.05, 0) is 37.0 Å². The van der Waals surface area contributed by atoms with Crippen LogP contribution in [0.1, 0.15) is 76.7 Å². The fourth-order valence-corrected chi connectivity index (χ4v) is 6.37. The number of alkyl halides is 3. The second-order valence-electron chi connectivity index (χ2n) is 9.36. The minimum atomic E-state index is -1.50. The van der Waals surface area contributed by atoms with E-state index in [1.54, 1.807) is 0 Å². The van der Waals surface area contributed by atoms with Crippen molar-refractivity contribution in [3.63, 3.8) is 0 Å². The van der Waals surface area contributed by atoms with Crippen LogP contribution in [0.4, 0.5) is 0 Å². The molecule has 3 atom stereocenters. The van der Waals surface area contributed by atoms with E-state index in [0.717, 1.165) is 31.2 Å². The van der Waals surface area contributed by atoms with Crippen LogP contribution in [-0.4, -0.2) is 63.3 Å². The lowest BCUT2D eigenvalue weighted by molar-refractivity contribution is 0.0447. The molecule has 1 aromatic rings. The summed E-state index contributed by atoms with van der Waals surface area (Å²) in [6.45, 7) is 7.00. The lowest BCUT2D eigenvalue weighted by atomic mass is 9.91. The van der Waals surface area contributed by atoms with E-state index in [1.807, 2.05) is 19.9 Å². The quantitative estimate of drug-likeness (QED) is 0.320. The highest BCUT2D eigenvalue weighted by molar-refractivity contribution is 7.80. The van der Waals surface area contributed by atoms with Crippen LogP contribution < -0.4 is 5.32 Å². The van der Waals surface area contributed by atoms with Gasteiger partial charge in [-0.25, -0.2) is 0 Å². The maximum atomic E-state index is 6.51. The molecule has 3 aliphatic rings. The third kappa shape index (κ3) is 7.60. The van der Waals surface area contributed by atoms with Crippen molar-refractivity contribution in [2.75, 3.05) is 26.3 Å². The summed E-state index contributed by atoms with van der Waals surface area (Å²) in [6, 6.07) is 11.1. The number of benzene rings is 1. The van der Waals surface area contributed by atoms with Crippen molar-refractivity contribution in [1.29, 1.82) is 0 Å². The SMILES string of the molecule is CC.S=C1N(C2CCCCCCC2)CCN1C(NC1COCC(c2ccccc2)C1)C(Cl)(Cl)Cl. The standard InChI is InChI=1S/C24H34Cl3N3OS.C2H6/c25-24(26,27)22(28-20-15-19(16-31-17-20)18-9-5-4-6-10-18)30-14-13-29(23(30)32)21-11-7-2-1-3-8-12-21;1-2/h4-6,9-10,19-22,28H,1-3,7-8,11-17H2;1-2H3. The number of ether oxygens (including phenoxy) is 1. The minimum absolute atomic E-state index is 0.0906. The van der Waals surface area contributed by atoms with Gasteiger partial charge in [-0.3, -0.25) is 5.32 Å². The van der Waals surface area contributed by atoms with Crippen molar-refractivity contribution in [3.05, 3.63) is 35.9 Å². The second kappa shape index (κ2) is 13.9. The van der Waals surface area contributed by atoms with E-state index in [4.69, 9.17) is 51.8 Å². The van der Waals surface area contributed by atoms with E-state index < -0.39 is 9.96 Å². The number of hydrogen-bond donors (Lipinski definition) is 1. The molecule has 2 saturated heterocycles. The van der Waals surface area contributed by atoms with Crippen LogP contribution in [0.2, 0.25) is 0 Å². The highest BCUT2D eigenvalue weighted by Crippen LogP contribution is 2.36. The van der Waals surface area contributed by atoms with Gasteiger partial charge in [0.05, 0.1) is 13.2 Å². The predicted octanol–water partition coefficient (Wildman–Crippen LogP) is 6.89. The molecule has 2 aliphatic heterocycles. The summed E-state index contributed by atoms with van der Waals surface area (Å²) in [4.78, 5) is 4.48. The Morgan fingerprint density at radius 2 is 1.62 bits per heavy atom. The molecular formula is C26H40Cl3N3OS. The van der Waals surface area contributed by atoms with Crippen molar-refractivity contribution in [3.8, 4) is 0 Å². The number of nitrogens with one attached hydrogen (secondary N) is 1. The zero-order chi connectivity index (χ0) is 24.6. The fourth-order valence-electron chi connectivity index (χ4n) is 5.39. The van der Waals surface area contributed by atoms with Crippen LogP contribution in [0.3, 0.4) is 0 Å². The molecule has 3 unspecified atom stereocenters. The van der Waals surface area contributed by atoms with Crippen LogP contribution in [0.15, 0.2) is 30.3 Å². The van der Waals surface area contributed by atoms with Crippen LogP contribution in [0.5, 0.6) is 0 Å². The van der Waals surface area contributed by atoms with Crippen molar-refractivity contribution >= 4 is 52.1 Å².